The Balaban J connectivity index is 2.76. The van der Waals surface area contributed by atoms with Crippen LogP contribution < -0.4 is 0 Å². The topological polar surface area (TPSA) is 47.0 Å². The molecule has 15 heavy (non-hydrogen) atoms. The minimum Gasteiger partial charge on any atom is -0.288 e. The number of aromatic nitrogens is 1. The number of thiazole rings is 1. The molecule has 1 heterocycles. The van der Waals surface area contributed by atoms with Crippen molar-refractivity contribution in [1.82, 2.24) is 4.98 Å². The third-order valence-electron chi connectivity index (χ3n) is 1.42. The normalized spacial score (nSPS) is 10.3. The fourth-order valence-corrected chi connectivity index (χ4v) is 3.69. The van der Waals surface area contributed by atoms with Crippen molar-refractivity contribution >= 4 is 45.1 Å². The molecule has 1 rings (SSSR count). The number of carbonyl (C=O) groups excluding carboxylic acids is 2. The molecule has 0 spiro atoms. The maximum atomic E-state index is 11.0. The van der Waals surface area contributed by atoms with Gasteiger partial charge in [-0.05, 0) is 18.7 Å². The van der Waals surface area contributed by atoms with Crippen LogP contribution in [0.1, 0.15) is 24.5 Å². The predicted octanol–water partition coefficient (Wildman–Crippen LogP) is 2.87. The zero-order valence-corrected chi connectivity index (χ0v) is 11.1. The molecule has 0 amide bonds. The lowest BCUT2D eigenvalue weighted by Crippen LogP contribution is -1.89. The van der Waals surface area contributed by atoms with Gasteiger partial charge in [0.25, 0.3) is 0 Å². The highest BCUT2D eigenvalue weighted by Gasteiger charge is 2.12. The summed E-state index contributed by atoms with van der Waals surface area (Å²) in [7, 11) is 0. The molecule has 0 radical (unpaired) electrons. The van der Waals surface area contributed by atoms with E-state index in [4.69, 9.17) is 0 Å². The van der Waals surface area contributed by atoms with E-state index >= 15 is 0 Å². The Morgan fingerprint density at radius 1 is 1.33 bits per heavy atom. The first-order valence-corrected chi connectivity index (χ1v) is 6.89. The third-order valence-corrected chi connectivity index (χ3v) is 4.26. The largest absolute Gasteiger partial charge is 0.288 e. The molecule has 0 aliphatic carbocycles. The summed E-state index contributed by atoms with van der Waals surface area (Å²) < 4.78 is 0.911. The van der Waals surface area contributed by atoms with E-state index in [1.807, 2.05) is 6.92 Å². The van der Waals surface area contributed by atoms with Crippen molar-refractivity contribution in [3.8, 4) is 0 Å². The average Bonchev–Trinajstić information content (AvgIpc) is 2.41. The quantitative estimate of drug-likeness (QED) is 0.783. The Kier molecular flexibility index (Phi) is 4.82. The van der Waals surface area contributed by atoms with E-state index in [9.17, 15) is 9.59 Å². The number of aryl methyl sites for hydroxylation is 1. The van der Waals surface area contributed by atoms with Crippen LogP contribution in [0.3, 0.4) is 0 Å². The number of hydrogen-bond acceptors (Lipinski definition) is 6. The highest BCUT2D eigenvalue weighted by molar-refractivity contribution is 8.15. The molecule has 0 unspecified atom stereocenters. The lowest BCUT2D eigenvalue weighted by atomic mass is 10.6. The van der Waals surface area contributed by atoms with Crippen LogP contribution in [-0.2, 0) is 15.3 Å². The van der Waals surface area contributed by atoms with Gasteiger partial charge in [-0.2, -0.15) is 0 Å². The van der Waals surface area contributed by atoms with Gasteiger partial charge >= 0.3 is 0 Å². The fourth-order valence-electron chi connectivity index (χ4n) is 0.923. The number of hydrogen-bond donors (Lipinski definition) is 0. The van der Waals surface area contributed by atoms with Crippen LogP contribution in [0.4, 0.5) is 0 Å². The van der Waals surface area contributed by atoms with Crippen molar-refractivity contribution in [1.29, 1.82) is 0 Å². The summed E-state index contributed by atoms with van der Waals surface area (Å²) in [5.74, 6) is 0.551. The Bertz CT molecular complexity index is 387. The van der Waals surface area contributed by atoms with Crippen LogP contribution in [0, 0.1) is 6.92 Å². The second kappa shape index (κ2) is 5.67. The van der Waals surface area contributed by atoms with Crippen LogP contribution in [-0.4, -0.2) is 15.2 Å². The standard InChI is InChI=1S/C9H11NO2S3/c1-5-10-8(4-13-6(2)11)9(14-5)15-7(3)12/h4H2,1-3H3. The summed E-state index contributed by atoms with van der Waals surface area (Å²) in [6.07, 6.45) is 0. The van der Waals surface area contributed by atoms with E-state index in [1.54, 1.807) is 0 Å². The molecule has 0 aliphatic heterocycles. The third kappa shape index (κ3) is 4.36. The van der Waals surface area contributed by atoms with Gasteiger partial charge in [-0.15, -0.1) is 11.3 Å². The van der Waals surface area contributed by atoms with Crippen LogP contribution >= 0.6 is 34.9 Å². The zero-order valence-electron chi connectivity index (χ0n) is 8.70. The van der Waals surface area contributed by atoms with Gasteiger partial charge in [-0.25, -0.2) is 4.98 Å². The lowest BCUT2D eigenvalue weighted by molar-refractivity contribution is -0.109. The molecular weight excluding hydrogens is 250 g/mol. The van der Waals surface area contributed by atoms with Crippen LogP contribution in [0.25, 0.3) is 0 Å². The Hall–Kier alpha value is -0.330. The molecule has 0 aliphatic rings. The minimum absolute atomic E-state index is 0.0488. The van der Waals surface area contributed by atoms with Crippen molar-refractivity contribution in [3.63, 3.8) is 0 Å². The van der Waals surface area contributed by atoms with E-state index in [0.717, 1.165) is 14.9 Å². The number of nitrogens with zero attached hydrogens (tertiary/aromatic N) is 1. The van der Waals surface area contributed by atoms with Gasteiger partial charge in [-0.1, -0.05) is 11.8 Å². The number of rotatable bonds is 3. The maximum Gasteiger partial charge on any atom is 0.191 e. The second-order valence-corrected chi connectivity index (χ2v) is 6.64. The Labute approximate surface area is 101 Å². The SMILES string of the molecule is CC(=O)SCc1nc(C)sc1SC(C)=O. The molecule has 1 aromatic rings. The summed E-state index contributed by atoms with van der Waals surface area (Å²) in [6.45, 7) is 4.96. The first kappa shape index (κ1) is 12.7. The monoisotopic (exact) mass is 261 g/mol. The van der Waals surface area contributed by atoms with Crippen molar-refractivity contribution in [2.75, 3.05) is 0 Å². The lowest BCUT2D eigenvalue weighted by Gasteiger charge is -1.97. The van der Waals surface area contributed by atoms with Crippen molar-refractivity contribution in [3.05, 3.63) is 10.7 Å². The first-order chi connectivity index (χ1) is 6.99. The molecule has 1 aromatic heterocycles. The highest BCUT2D eigenvalue weighted by atomic mass is 32.2. The van der Waals surface area contributed by atoms with Gasteiger partial charge in [0, 0.05) is 19.6 Å². The van der Waals surface area contributed by atoms with Crippen molar-refractivity contribution in [2.24, 2.45) is 0 Å². The van der Waals surface area contributed by atoms with E-state index in [0.29, 0.717) is 5.75 Å². The fraction of sp³-hybridized carbons (Fsp3) is 0.444. The van der Waals surface area contributed by atoms with Gasteiger partial charge in [0.15, 0.2) is 10.2 Å². The van der Waals surface area contributed by atoms with Crippen molar-refractivity contribution in [2.45, 2.75) is 30.7 Å². The predicted molar refractivity (Wildman–Crippen MR) is 65.4 cm³/mol. The van der Waals surface area contributed by atoms with Crippen LogP contribution in [0.5, 0.6) is 0 Å². The smallest absolute Gasteiger partial charge is 0.191 e. The highest BCUT2D eigenvalue weighted by Crippen LogP contribution is 2.32. The van der Waals surface area contributed by atoms with E-state index in [1.165, 1.54) is 48.7 Å². The molecule has 0 fully saturated rings. The number of thioether (sulfide) groups is 2. The minimum atomic E-state index is 0.0488. The van der Waals surface area contributed by atoms with E-state index < -0.39 is 0 Å². The second-order valence-electron chi connectivity index (χ2n) is 2.84. The molecule has 0 saturated heterocycles. The summed E-state index contributed by atoms with van der Waals surface area (Å²) >= 11 is 3.91. The first-order valence-electron chi connectivity index (χ1n) is 4.27. The summed E-state index contributed by atoms with van der Waals surface area (Å²) in [4.78, 5) is 26.1. The Morgan fingerprint density at radius 3 is 2.53 bits per heavy atom. The molecular formula is C9H11NO2S3. The summed E-state index contributed by atoms with van der Waals surface area (Å²) in [6, 6.07) is 0. The van der Waals surface area contributed by atoms with E-state index in [-0.39, 0.29) is 10.2 Å². The molecule has 0 saturated carbocycles. The number of carbonyl (C=O) groups is 2. The van der Waals surface area contributed by atoms with Gasteiger partial charge in [0.05, 0.1) is 14.9 Å². The molecule has 82 valence electrons. The van der Waals surface area contributed by atoms with Gasteiger partial charge in [0.1, 0.15) is 0 Å². The van der Waals surface area contributed by atoms with Crippen molar-refractivity contribution < 1.29 is 9.59 Å². The molecule has 3 nitrogen and oxygen atoms in total. The Morgan fingerprint density at radius 2 is 2.00 bits per heavy atom. The zero-order chi connectivity index (χ0) is 11.4. The molecule has 0 atom stereocenters. The maximum absolute atomic E-state index is 11.0. The van der Waals surface area contributed by atoms with Gasteiger partial charge in [-0.3, -0.25) is 9.59 Å². The van der Waals surface area contributed by atoms with Gasteiger partial charge in [0.2, 0.25) is 0 Å². The van der Waals surface area contributed by atoms with E-state index in [2.05, 4.69) is 4.98 Å². The molecule has 6 heteroatoms. The van der Waals surface area contributed by atoms with Gasteiger partial charge < -0.3 is 0 Å². The van der Waals surface area contributed by atoms with Crippen LogP contribution in [0.15, 0.2) is 4.21 Å². The molecule has 0 bridgehead atoms. The molecule has 0 N–H and O–H groups in total. The average molecular weight is 261 g/mol. The van der Waals surface area contributed by atoms with Crippen LogP contribution in [0.2, 0.25) is 0 Å². The summed E-state index contributed by atoms with van der Waals surface area (Å²) in [5, 5.41) is 1.05. The molecule has 0 aromatic carbocycles. The summed E-state index contributed by atoms with van der Waals surface area (Å²) in [5.41, 5.74) is 0.845.